The molecule has 33 heavy (non-hydrogen) atoms. The first-order chi connectivity index (χ1) is 15.5. The van der Waals surface area contributed by atoms with Crippen LogP contribution >= 0.6 is 11.8 Å². The normalized spacial score (nSPS) is 24.5. The van der Waals surface area contributed by atoms with Gasteiger partial charge in [0.15, 0.2) is 0 Å². The Bertz CT molecular complexity index is 1220. The maximum Gasteiger partial charge on any atom is 0.348 e. The number of amides is 1. The number of nitrogens with zero attached hydrogens (tertiary/aromatic N) is 2. The minimum absolute atomic E-state index is 0.0416. The van der Waals surface area contributed by atoms with Crippen molar-refractivity contribution in [2.75, 3.05) is 12.3 Å². The molecule has 13 heteroatoms. The van der Waals surface area contributed by atoms with Crippen molar-refractivity contribution in [1.29, 1.82) is 0 Å². The van der Waals surface area contributed by atoms with Crippen LogP contribution in [0.2, 0.25) is 0 Å². The fourth-order valence-corrected chi connectivity index (χ4v) is 6.09. The summed E-state index contributed by atoms with van der Waals surface area (Å²) in [6.07, 6.45) is 0. The number of rotatable bonds is 6. The number of aryl methyl sites for hydroxylation is 1. The molecule has 2 unspecified atom stereocenters. The SMILES string of the molecule is Cc1ccc(S(=O)(=O)OC2(C(=O)Oc3ccc([N+](=O)[O-])cc3)CS[C@@H]3C(N)C(=O)N3C2)cc1. The average Bonchev–Trinajstić information content (AvgIpc) is 2.78. The van der Waals surface area contributed by atoms with Crippen LogP contribution in [-0.2, 0) is 23.9 Å². The first-order valence-corrected chi connectivity index (χ1v) is 12.1. The number of fused-ring (bicyclic) bond motifs is 1. The number of esters is 1. The van der Waals surface area contributed by atoms with Crippen molar-refractivity contribution in [1.82, 2.24) is 4.90 Å². The van der Waals surface area contributed by atoms with Crippen LogP contribution in [0.15, 0.2) is 53.4 Å². The number of β-lactam (4-membered cyclic amide) rings is 1. The number of ether oxygens (including phenoxy) is 1. The highest BCUT2D eigenvalue weighted by molar-refractivity contribution is 8.00. The van der Waals surface area contributed by atoms with E-state index in [4.69, 9.17) is 14.7 Å². The number of carbonyl (C=O) groups is 2. The van der Waals surface area contributed by atoms with E-state index < -0.39 is 43.9 Å². The van der Waals surface area contributed by atoms with Crippen molar-refractivity contribution >= 4 is 39.4 Å². The lowest BCUT2D eigenvalue weighted by molar-refractivity contribution is -0.384. The number of carbonyl (C=O) groups excluding carboxylic acids is 2. The van der Waals surface area contributed by atoms with Crippen molar-refractivity contribution < 1.29 is 31.9 Å². The summed E-state index contributed by atoms with van der Waals surface area (Å²) in [5.41, 5.74) is 4.38. The van der Waals surface area contributed by atoms with Gasteiger partial charge in [-0.3, -0.25) is 14.9 Å². The fourth-order valence-electron chi connectivity index (χ4n) is 3.46. The molecule has 0 bridgehead atoms. The molecule has 2 aliphatic rings. The largest absolute Gasteiger partial charge is 0.424 e. The predicted octanol–water partition coefficient (Wildman–Crippen LogP) is 1.20. The van der Waals surface area contributed by atoms with Gasteiger partial charge in [-0.05, 0) is 31.2 Å². The molecule has 2 heterocycles. The topological polar surface area (TPSA) is 159 Å². The lowest BCUT2D eigenvalue weighted by atomic mass is 10.00. The van der Waals surface area contributed by atoms with Crippen molar-refractivity contribution in [2.24, 2.45) is 5.73 Å². The first-order valence-electron chi connectivity index (χ1n) is 9.69. The fraction of sp³-hybridized carbons (Fsp3) is 0.300. The van der Waals surface area contributed by atoms with Gasteiger partial charge in [0.1, 0.15) is 17.2 Å². The van der Waals surface area contributed by atoms with E-state index in [2.05, 4.69) is 0 Å². The maximum absolute atomic E-state index is 13.2. The summed E-state index contributed by atoms with van der Waals surface area (Å²) in [7, 11) is -4.41. The van der Waals surface area contributed by atoms with Crippen LogP contribution in [0.25, 0.3) is 0 Å². The molecule has 3 atom stereocenters. The zero-order valence-electron chi connectivity index (χ0n) is 17.2. The number of nitro benzene ring substituents is 1. The maximum atomic E-state index is 13.2. The van der Waals surface area contributed by atoms with Crippen LogP contribution in [-0.4, -0.2) is 59.4 Å². The smallest absolute Gasteiger partial charge is 0.348 e. The van der Waals surface area contributed by atoms with Gasteiger partial charge in [0.25, 0.3) is 15.8 Å². The van der Waals surface area contributed by atoms with E-state index in [0.717, 1.165) is 29.5 Å². The van der Waals surface area contributed by atoms with E-state index >= 15 is 0 Å². The van der Waals surface area contributed by atoms with Crippen molar-refractivity contribution in [3.8, 4) is 5.75 Å². The molecule has 4 rings (SSSR count). The third-order valence-corrected chi connectivity index (χ3v) is 8.21. The minimum Gasteiger partial charge on any atom is -0.424 e. The van der Waals surface area contributed by atoms with Crippen LogP contribution in [0.1, 0.15) is 5.56 Å². The number of nitro groups is 1. The first kappa shape index (κ1) is 23.2. The van der Waals surface area contributed by atoms with Gasteiger partial charge in [0, 0.05) is 17.9 Å². The van der Waals surface area contributed by atoms with E-state index in [0.29, 0.717) is 0 Å². The average molecular weight is 494 g/mol. The summed E-state index contributed by atoms with van der Waals surface area (Å²) in [5, 5.41) is 10.4. The Morgan fingerprint density at radius 2 is 1.85 bits per heavy atom. The summed E-state index contributed by atoms with van der Waals surface area (Å²) >= 11 is 1.12. The number of nitrogens with two attached hydrogens (primary N) is 1. The lowest BCUT2D eigenvalue weighted by Gasteiger charge is -2.52. The molecule has 0 aliphatic carbocycles. The number of non-ortho nitro benzene ring substituents is 1. The summed E-state index contributed by atoms with van der Waals surface area (Å²) < 4.78 is 36.8. The van der Waals surface area contributed by atoms with Gasteiger partial charge in [-0.1, -0.05) is 17.7 Å². The standard InChI is InChI=1S/C20H19N3O8S2/c1-12-2-8-15(9-3-12)33(28,29)31-20(10-22-17(24)16(21)18(22)32-11-20)19(25)30-14-6-4-13(5-7-14)23(26)27/h2-9,16,18H,10-11,21H2,1H3/t16?,18-,20?/m1/s1. The molecule has 1 amide bonds. The van der Waals surface area contributed by atoms with E-state index in [9.17, 15) is 28.1 Å². The van der Waals surface area contributed by atoms with Gasteiger partial charge < -0.3 is 15.4 Å². The molecule has 2 aromatic carbocycles. The third kappa shape index (κ3) is 4.31. The van der Waals surface area contributed by atoms with Crippen LogP contribution in [0, 0.1) is 17.0 Å². The minimum atomic E-state index is -4.41. The van der Waals surface area contributed by atoms with Crippen molar-refractivity contribution in [3.05, 3.63) is 64.2 Å². The molecule has 0 radical (unpaired) electrons. The monoisotopic (exact) mass is 493 g/mol. The molecule has 2 fully saturated rings. The van der Waals surface area contributed by atoms with Gasteiger partial charge >= 0.3 is 5.97 Å². The Morgan fingerprint density at radius 1 is 1.21 bits per heavy atom. The highest BCUT2D eigenvalue weighted by atomic mass is 32.2. The predicted molar refractivity (Wildman–Crippen MR) is 117 cm³/mol. The van der Waals surface area contributed by atoms with Crippen molar-refractivity contribution in [2.45, 2.75) is 28.8 Å². The molecule has 0 spiro atoms. The van der Waals surface area contributed by atoms with Crippen LogP contribution in [0.5, 0.6) is 5.75 Å². The van der Waals surface area contributed by atoms with Gasteiger partial charge in [0.05, 0.1) is 16.4 Å². The lowest BCUT2D eigenvalue weighted by Crippen LogP contribution is -2.74. The summed E-state index contributed by atoms with van der Waals surface area (Å²) in [6, 6.07) is 9.83. The quantitative estimate of drug-likeness (QED) is 0.155. The number of hydrogen-bond acceptors (Lipinski definition) is 10. The highest BCUT2D eigenvalue weighted by Gasteiger charge is 2.59. The Morgan fingerprint density at radius 3 is 2.45 bits per heavy atom. The molecule has 11 nitrogen and oxygen atoms in total. The van der Waals surface area contributed by atoms with Crippen LogP contribution in [0.4, 0.5) is 5.69 Å². The van der Waals surface area contributed by atoms with Crippen molar-refractivity contribution in [3.63, 3.8) is 0 Å². The van der Waals surface area contributed by atoms with E-state index in [-0.39, 0.29) is 28.6 Å². The molecule has 2 saturated heterocycles. The Labute approximate surface area is 193 Å². The molecular formula is C20H19N3O8S2. The molecule has 0 saturated carbocycles. The van der Waals surface area contributed by atoms with Gasteiger partial charge in [-0.15, -0.1) is 11.8 Å². The summed E-state index contributed by atoms with van der Waals surface area (Å²) in [5.74, 6) is -1.66. The zero-order chi connectivity index (χ0) is 24.0. The van der Waals surface area contributed by atoms with Crippen LogP contribution < -0.4 is 10.5 Å². The van der Waals surface area contributed by atoms with Gasteiger partial charge in [-0.2, -0.15) is 8.42 Å². The molecule has 0 aromatic heterocycles. The van der Waals surface area contributed by atoms with Gasteiger partial charge in [0.2, 0.25) is 11.5 Å². The molecule has 2 aromatic rings. The second-order valence-electron chi connectivity index (χ2n) is 7.68. The Hall–Kier alpha value is -3.00. The third-order valence-electron chi connectivity index (χ3n) is 5.30. The molecule has 2 N–H and O–H groups in total. The summed E-state index contributed by atoms with van der Waals surface area (Å²) in [6.45, 7) is 1.42. The Kier molecular flexibility index (Phi) is 5.90. The molecule has 174 valence electrons. The molecular weight excluding hydrogens is 474 g/mol. The second-order valence-corrected chi connectivity index (χ2v) is 10.3. The van der Waals surface area contributed by atoms with Crippen LogP contribution in [0.3, 0.4) is 0 Å². The number of thioether (sulfide) groups is 1. The number of hydrogen-bond donors (Lipinski definition) is 1. The van der Waals surface area contributed by atoms with E-state index in [1.54, 1.807) is 19.1 Å². The van der Waals surface area contributed by atoms with Gasteiger partial charge in [-0.25, -0.2) is 8.98 Å². The summed E-state index contributed by atoms with van der Waals surface area (Å²) in [4.78, 5) is 36.8. The zero-order valence-corrected chi connectivity index (χ0v) is 18.9. The van der Waals surface area contributed by atoms with E-state index in [1.807, 2.05) is 0 Å². The Balaban J connectivity index is 1.64. The number of benzene rings is 2. The van der Waals surface area contributed by atoms with E-state index in [1.165, 1.54) is 29.2 Å². The molecule has 2 aliphatic heterocycles. The second kappa shape index (κ2) is 8.41. The highest BCUT2D eigenvalue weighted by Crippen LogP contribution is 2.41.